The summed E-state index contributed by atoms with van der Waals surface area (Å²) in [5.41, 5.74) is -0.323. The Morgan fingerprint density at radius 3 is 2.56 bits per heavy atom. The number of piperidine rings is 1. The SMILES string of the molecule is O=C(NCc1ccccc1)N1CCCC(F)(C(=O)NCc2cccnc2)C1. The summed E-state index contributed by atoms with van der Waals surface area (Å²) in [6, 6.07) is 12.7. The predicted molar refractivity (Wildman–Crippen MR) is 99.4 cm³/mol. The summed E-state index contributed by atoms with van der Waals surface area (Å²) >= 11 is 0. The number of likely N-dealkylation sites (tertiary alicyclic amines) is 1. The van der Waals surface area contributed by atoms with Gasteiger partial charge in [-0.15, -0.1) is 0 Å². The summed E-state index contributed by atoms with van der Waals surface area (Å²) in [6.45, 7) is 0.760. The van der Waals surface area contributed by atoms with Crippen molar-refractivity contribution in [1.82, 2.24) is 20.5 Å². The maximum atomic E-state index is 15.2. The second-order valence-electron chi connectivity index (χ2n) is 6.68. The van der Waals surface area contributed by atoms with Gasteiger partial charge in [0.15, 0.2) is 0 Å². The number of halogens is 1. The van der Waals surface area contributed by atoms with Crippen LogP contribution < -0.4 is 10.6 Å². The van der Waals surface area contributed by atoms with Crippen LogP contribution >= 0.6 is 0 Å². The zero-order valence-electron chi connectivity index (χ0n) is 15.0. The average Bonchev–Trinajstić information content (AvgIpc) is 2.71. The van der Waals surface area contributed by atoms with Crippen LogP contribution in [0.4, 0.5) is 9.18 Å². The summed E-state index contributed by atoms with van der Waals surface area (Å²) in [7, 11) is 0. The third-order valence-corrected chi connectivity index (χ3v) is 4.60. The molecular weight excluding hydrogens is 347 g/mol. The first-order valence-corrected chi connectivity index (χ1v) is 9.00. The number of nitrogens with zero attached hydrogens (tertiary/aromatic N) is 2. The zero-order valence-corrected chi connectivity index (χ0v) is 15.0. The van der Waals surface area contributed by atoms with Crippen molar-refractivity contribution in [3.63, 3.8) is 0 Å². The first-order chi connectivity index (χ1) is 13.1. The van der Waals surface area contributed by atoms with E-state index in [9.17, 15) is 9.59 Å². The zero-order chi connectivity index (χ0) is 19.1. The lowest BCUT2D eigenvalue weighted by Gasteiger charge is -2.36. The second kappa shape index (κ2) is 8.62. The van der Waals surface area contributed by atoms with Gasteiger partial charge < -0.3 is 15.5 Å². The lowest BCUT2D eigenvalue weighted by Crippen LogP contribution is -2.57. The molecule has 0 bridgehead atoms. The highest BCUT2D eigenvalue weighted by Gasteiger charge is 2.43. The van der Waals surface area contributed by atoms with E-state index < -0.39 is 11.6 Å². The fourth-order valence-corrected chi connectivity index (χ4v) is 3.10. The number of hydrogen-bond donors (Lipinski definition) is 2. The second-order valence-corrected chi connectivity index (χ2v) is 6.68. The molecule has 0 saturated carbocycles. The number of alkyl halides is 1. The Morgan fingerprint density at radius 2 is 1.81 bits per heavy atom. The molecule has 6 nitrogen and oxygen atoms in total. The number of amides is 3. The molecule has 1 saturated heterocycles. The van der Waals surface area contributed by atoms with Gasteiger partial charge in [0, 0.05) is 32.0 Å². The minimum Gasteiger partial charge on any atom is -0.349 e. The van der Waals surface area contributed by atoms with Gasteiger partial charge in [-0.05, 0) is 30.0 Å². The van der Waals surface area contributed by atoms with Crippen LogP contribution in [0.1, 0.15) is 24.0 Å². The van der Waals surface area contributed by atoms with E-state index in [0.29, 0.717) is 19.5 Å². The van der Waals surface area contributed by atoms with Gasteiger partial charge in [0.1, 0.15) is 0 Å². The number of carbonyl (C=O) groups is 2. The predicted octanol–water partition coefficient (Wildman–Crippen LogP) is 2.41. The number of hydrogen-bond acceptors (Lipinski definition) is 3. The van der Waals surface area contributed by atoms with E-state index >= 15 is 4.39 Å². The molecule has 7 heteroatoms. The number of carbonyl (C=O) groups excluding carboxylic acids is 2. The van der Waals surface area contributed by atoms with E-state index in [1.165, 1.54) is 4.90 Å². The highest BCUT2D eigenvalue weighted by Crippen LogP contribution is 2.26. The standard InChI is InChI=1S/C20H23FN4O2/c21-20(18(26)23-14-17-8-4-10-22-12-17)9-5-11-25(15-20)19(27)24-13-16-6-2-1-3-7-16/h1-4,6-8,10,12H,5,9,11,13-15H2,(H,23,26)(H,24,27). The summed E-state index contributed by atoms with van der Waals surface area (Å²) in [6.07, 6.45) is 3.80. The number of pyridine rings is 1. The molecule has 2 heterocycles. The molecule has 3 rings (SSSR count). The van der Waals surface area contributed by atoms with Gasteiger partial charge in [0.2, 0.25) is 5.67 Å². The molecule has 1 aromatic carbocycles. The van der Waals surface area contributed by atoms with E-state index in [2.05, 4.69) is 15.6 Å². The molecule has 2 aromatic rings. The largest absolute Gasteiger partial charge is 0.349 e. The molecule has 1 aromatic heterocycles. The molecule has 0 aliphatic carbocycles. The van der Waals surface area contributed by atoms with Crippen LogP contribution in [-0.4, -0.2) is 40.6 Å². The smallest absolute Gasteiger partial charge is 0.317 e. The highest BCUT2D eigenvalue weighted by molar-refractivity contribution is 5.86. The minimum atomic E-state index is -2.08. The lowest BCUT2D eigenvalue weighted by molar-refractivity contribution is -0.136. The van der Waals surface area contributed by atoms with Crippen LogP contribution in [-0.2, 0) is 17.9 Å². The molecular formula is C20H23FN4O2. The van der Waals surface area contributed by atoms with Crippen LogP contribution in [0.2, 0.25) is 0 Å². The van der Waals surface area contributed by atoms with Crippen LogP contribution in [0.15, 0.2) is 54.9 Å². The Bertz CT molecular complexity index is 772. The van der Waals surface area contributed by atoms with Crippen molar-refractivity contribution < 1.29 is 14.0 Å². The number of nitrogens with one attached hydrogen (secondary N) is 2. The fraction of sp³-hybridized carbons (Fsp3) is 0.350. The van der Waals surface area contributed by atoms with E-state index in [0.717, 1.165) is 11.1 Å². The van der Waals surface area contributed by atoms with Gasteiger partial charge in [0.05, 0.1) is 6.54 Å². The van der Waals surface area contributed by atoms with Crippen molar-refractivity contribution in [1.29, 1.82) is 0 Å². The summed E-state index contributed by atoms with van der Waals surface area (Å²) in [5, 5.41) is 5.40. The quantitative estimate of drug-likeness (QED) is 0.849. The maximum Gasteiger partial charge on any atom is 0.317 e. The molecule has 1 atom stereocenters. The van der Waals surface area contributed by atoms with Crippen LogP contribution in [0.25, 0.3) is 0 Å². The molecule has 27 heavy (non-hydrogen) atoms. The fourth-order valence-electron chi connectivity index (χ4n) is 3.10. The van der Waals surface area contributed by atoms with Gasteiger partial charge in [-0.25, -0.2) is 9.18 Å². The highest BCUT2D eigenvalue weighted by atomic mass is 19.1. The van der Waals surface area contributed by atoms with Crippen molar-refractivity contribution in [2.45, 2.75) is 31.6 Å². The normalized spacial score (nSPS) is 19.4. The Kier molecular flexibility index (Phi) is 6.01. The van der Waals surface area contributed by atoms with Gasteiger partial charge in [-0.2, -0.15) is 0 Å². The summed E-state index contributed by atoms with van der Waals surface area (Å²) in [4.78, 5) is 30.1. The Balaban J connectivity index is 1.53. The van der Waals surface area contributed by atoms with Gasteiger partial charge in [0.25, 0.3) is 5.91 Å². The monoisotopic (exact) mass is 370 g/mol. The molecule has 3 amide bonds. The van der Waals surface area contributed by atoms with Crippen molar-refractivity contribution >= 4 is 11.9 Å². The van der Waals surface area contributed by atoms with Gasteiger partial charge >= 0.3 is 6.03 Å². The first kappa shape index (κ1) is 18.8. The van der Waals surface area contributed by atoms with E-state index in [1.807, 2.05) is 36.4 Å². The van der Waals surface area contributed by atoms with Crippen molar-refractivity contribution in [2.24, 2.45) is 0 Å². The Morgan fingerprint density at radius 1 is 1.07 bits per heavy atom. The van der Waals surface area contributed by atoms with Crippen LogP contribution in [0.3, 0.4) is 0 Å². The van der Waals surface area contributed by atoms with Crippen LogP contribution in [0, 0.1) is 0 Å². The molecule has 0 radical (unpaired) electrons. The number of urea groups is 1. The van der Waals surface area contributed by atoms with E-state index in [4.69, 9.17) is 0 Å². The molecule has 142 valence electrons. The molecule has 1 aliphatic heterocycles. The first-order valence-electron chi connectivity index (χ1n) is 9.00. The van der Waals surface area contributed by atoms with Crippen molar-refractivity contribution in [2.75, 3.05) is 13.1 Å². The minimum absolute atomic E-state index is 0.105. The van der Waals surface area contributed by atoms with Crippen molar-refractivity contribution in [3.8, 4) is 0 Å². The number of rotatable bonds is 5. The van der Waals surface area contributed by atoms with E-state index in [-0.39, 0.29) is 25.5 Å². The van der Waals surface area contributed by atoms with Gasteiger partial charge in [-0.1, -0.05) is 36.4 Å². The third-order valence-electron chi connectivity index (χ3n) is 4.60. The summed E-state index contributed by atoms with van der Waals surface area (Å²) in [5.74, 6) is -0.688. The third kappa shape index (κ3) is 5.03. The maximum absolute atomic E-state index is 15.2. The van der Waals surface area contributed by atoms with Gasteiger partial charge in [-0.3, -0.25) is 9.78 Å². The molecule has 2 N–H and O–H groups in total. The molecule has 1 fully saturated rings. The average molecular weight is 370 g/mol. The number of benzene rings is 1. The molecule has 1 aliphatic rings. The van der Waals surface area contributed by atoms with Crippen LogP contribution in [0.5, 0.6) is 0 Å². The van der Waals surface area contributed by atoms with E-state index in [1.54, 1.807) is 18.5 Å². The molecule has 1 unspecified atom stereocenters. The summed E-state index contributed by atoms with van der Waals surface area (Å²) < 4.78 is 15.2. The Hall–Kier alpha value is -2.96. The molecule has 0 spiro atoms. The number of aromatic nitrogens is 1. The Labute approximate surface area is 157 Å². The lowest BCUT2D eigenvalue weighted by atomic mass is 9.94. The topological polar surface area (TPSA) is 74.3 Å². The van der Waals surface area contributed by atoms with Crippen molar-refractivity contribution in [3.05, 3.63) is 66.0 Å².